The quantitative estimate of drug-likeness (QED) is 0.570. The van der Waals surface area contributed by atoms with Crippen molar-refractivity contribution in [3.63, 3.8) is 0 Å². The van der Waals surface area contributed by atoms with E-state index in [9.17, 15) is 0 Å². The van der Waals surface area contributed by atoms with Gasteiger partial charge < -0.3 is 9.80 Å². The summed E-state index contributed by atoms with van der Waals surface area (Å²) in [5.74, 6) is 1.78. The number of para-hydroxylation sites is 1. The maximum Gasteiger partial charge on any atom is 0.178 e. The number of hydrogen-bond donors (Lipinski definition) is 0. The number of pyridine rings is 1. The van der Waals surface area contributed by atoms with Gasteiger partial charge in [-0.2, -0.15) is 0 Å². The predicted octanol–water partition coefficient (Wildman–Crippen LogP) is 5.36. The molecule has 1 aromatic carbocycles. The standard InChI is InChI=1S/C24H25N5/c1-5-12-24(4)18-8-6-7-9-19(18)29-21-20(26-15-16-27-21)28(22(29)23(24,2)3)17-10-13-25-14-11-17/h5-11,13-16,22H,1,12H2,2-4H3. The molecule has 0 aliphatic carbocycles. The molecule has 0 saturated carbocycles. The highest BCUT2D eigenvalue weighted by molar-refractivity contribution is 5.86. The molecule has 2 aliphatic heterocycles. The van der Waals surface area contributed by atoms with E-state index >= 15 is 0 Å². The van der Waals surface area contributed by atoms with Crippen molar-refractivity contribution in [1.29, 1.82) is 0 Å². The van der Waals surface area contributed by atoms with E-state index in [1.54, 1.807) is 12.4 Å². The van der Waals surface area contributed by atoms with Crippen LogP contribution >= 0.6 is 0 Å². The molecular formula is C24H25N5. The lowest BCUT2D eigenvalue weighted by Gasteiger charge is -2.57. The molecule has 0 fully saturated rings. The van der Waals surface area contributed by atoms with E-state index in [1.807, 2.05) is 30.6 Å². The topological polar surface area (TPSA) is 45.2 Å². The minimum atomic E-state index is -0.138. The van der Waals surface area contributed by atoms with Crippen molar-refractivity contribution >= 4 is 23.0 Å². The zero-order valence-corrected chi connectivity index (χ0v) is 17.1. The summed E-state index contributed by atoms with van der Waals surface area (Å²) >= 11 is 0. The van der Waals surface area contributed by atoms with Gasteiger partial charge in [0.1, 0.15) is 6.17 Å². The van der Waals surface area contributed by atoms with Crippen molar-refractivity contribution in [1.82, 2.24) is 15.0 Å². The van der Waals surface area contributed by atoms with E-state index in [-0.39, 0.29) is 17.0 Å². The monoisotopic (exact) mass is 383 g/mol. The normalized spacial score (nSPS) is 23.9. The highest BCUT2D eigenvalue weighted by Crippen LogP contribution is 2.62. The fraction of sp³-hybridized carbons (Fsp3) is 0.292. The Balaban J connectivity index is 1.84. The summed E-state index contributed by atoms with van der Waals surface area (Å²) < 4.78 is 0. The van der Waals surface area contributed by atoms with Gasteiger partial charge >= 0.3 is 0 Å². The van der Waals surface area contributed by atoms with Crippen molar-refractivity contribution in [3.8, 4) is 0 Å². The van der Waals surface area contributed by atoms with Crippen molar-refractivity contribution in [2.24, 2.45) is 5.41 Å². The Kier molecular flexibility index (Phi) is 3.78. The lowest BCUT2D eigenvalue weighted by atomic mass is 9.57. The summed E-state index contributed by atoms with van der Waals surface area (Å²) in [6.07, 6.45) is 10.2. The predicted molar refractivity (Wildman–Crippen MR) is 117 cm³/mol. The number of nitrogens with zero attached hydrogens (tertiary/aromatic N) is 5. The van der Waals surface area contributed by atoms with Crippen LogP contribution in [0.4, 0.5) is 23.0 Å². The number of rotatable bonds is 3. The third-order valence-electron chi connectivity index (χ3n) is 6.92. The van der Waals surface area contributed by atoms with Gasteiger partial charge in [-0.15, -0.1) is 6.58 Å². The van der Waals surface area contributed by atoms with Crippen LogP contribution in [0.1, 0.15) is 32.8 Å². The number of allylic oxidation sites excluding steroid dienone is 1. The van der Waals surface area contributed by atoms with Crippen LogP contribution in [-0.4, -0.2) is 21.1 Å². The molecule has 2 aromatic heterocycles. The van der Waals surface area contributed by atoms with Crippen LogP contribution < -0.4 is 9.80 Å². The Bertz CT molecular complexity index is 1080. The Morgan fingerprint density at radius 3 is 2.28 bits per heavy atom. The van der Waals surface area contributed by atoms with E-state index in [1.165, 1.54) is 11.3 Å². The van der Waals surface area contributed by atoms with Crippen LogP contribution in [0.25, 0.3) is 0 Å². The molecule has 2 unspecified atom stereocenters. The van der Waals surface area contributed by atoms with Gasteiger partial charge in [0.15, 0.2) is 11.6 Å². The van der Waals surface area contributed by atoms with E-state index in [2.05, 4.69) is 66.4 Å². The SMILES string of the molecule is C=CCC1(C)c2ccccc2N2c3nccnc3N(c3ccncc3)C2C1(C)C. The second kappa shape index (κ2) is 6.14. The summed E-state index contributed by atoms with van der Waals surface area (Å²) in [7, 11) is 0. The molecule has 5 heteroatoms. The minimum Gasteiger partial charge on any atom is -0.301 e. The molecule has 5 rings (SSSR count). The Labute approximate surface area is 171 Å². The van der Waals surface area contributed by atoms with E-state index in [0.717, 1.165) is 23.7 Å². The Hall–Kier alpha value is -3.21. The fourth-order valence-electron chi connectivity index (χ4n) is 5.11. The summed E-state index contributed by atoms with van der Waals surface area (Å²) in [5.41, 5.74) is 3.36. The number of fused-ring (bicyclic) bond motifs is 5. The van der Waals surface area contributed by atoms with Gasteiger partial charge in [-0.05, 0) is 30.2 Å². The number of hydrogen-bond acceptors (Lipinski definition) is 5. The second-order valence-electron chi connectivity index (χ2n) is 8.59. The highest BCUT2D eigenvalue weighted by Gasteiger charge is 2.59. The van der Waals surface area contributed by atoms with Crippen molar-refractivity contribution in [2.45, 2.75) is 38.8 Å². The molecule has 2 atom stereocenters. The van der Waals surface area contributed by atoms with Crippen molar-refractivity contribution < 1.29 is 0 Å². The first-order chi connectivity index (χ1) is 14.0. The molecule has 0 saturated heterocycles. The van der Waals surface area contributed by atoms with Crippen LogP contribution in [0.5, 0.6) is 0 Å². The van der Waals surface area contributed by atoms with Crippen LogP contribution in [0.2, 0.25) is 0 Å². The van der Waals surface area contributed by atoms with Crippen molar-refractivity contribution in [2.75, 3.05) is 9.80 Å². The van der Waals surface area contributed by atoms with Gasteiger partial charge in [0.05, 0.1) is 0 Å². The largest absolute Gasteiger partial charge is 0.301 e. The smallest absolute Gasteiger partial charge is 0.178 e. The summed E-state index contributed by atoms with van der Waals surface area (Å²) in [4.78, 5) is 18.4. The Morgan fingerprint density at radius 1 is 0.931 bits per heavy atom. The Morgan fingerprint density at radius 2 is 1.59 bits per heavy atom. The summed E-state index contributed by atoms with van der Waals surface area (Å²) in [6.45, 7) is 11.1. The molecule has 0 N–H and O–H groups in total. The number of aromatic nitrogens is 3. The average Bonchev–Trinajstić information content (AvgIpc) is 3.10. The van der Waals surface area contributed by atoms with Gasteiger partial charge in [0.25, 0.3) is 0 Å². The second-order valence-corrected chi connectivity index (χ2v) is 8.59. The third kappa shape index (κ3) is 2.24. The first-order valence-corrected chi connectivity index (χ1v) is 10.0. The molecular weight excluding hydrogens is 358 g/mol. The van der Waals surface area contributed by atoms with Crippen LogP contribution in [-0.2, 0) is 5.41 Å². The van der Waals surface area contributed by atoms with Gasteiger partial charge in [0.2, 0.25) is 0 Å². The van der Waals surface area contributed by atoms with Gasteiger partial charge in [0, 0.05) is 47.0 Å². The minimum absolute atomic E-state index is 0.0298. The van der Waals surface area contributed by atoms with Crippen molar-refractivity contribution in [3.05, 3.63) is 79.4 Å². The number of benzene rings is 1. The molecule has 29 heavy (non-hydrogen) atoms. The first-order valence-electron chi connectivity index (χ1n) is 10.0. The van der Waals surface area contributed by atoms with Crippen LogP contribution in [0.15, 0.2) is 73.8 Å². The molecule has 0 amide bonds. The summed E-state index contributed by atoms with van der Waals surface area (Å²) in [6, 6.07) is 12.8. The summed E-state index contributed by atoms with van der Waals surface area (Å²) in [5, 5.41) is 0. The van der Waals surface area contributed by atoms with E-state index in [4.69, 9.17) is 9.97 Å². The average molecular weight is 383 g/mol. The maximum absolute atomic E-state index is 4.76. The van der Waals surface area contributed by atoms with E-state index < -0.39 is 0 Å². The molecule has 0 spiro atoms. The number of anilines is 4. The lowest BCUT2D eigenvalue weighted by molar-refractivity contribution is 0.131. The highest BCUT2D eigenvalue weighted by atomic mass is 15.5. The first kappa shape index (κ1) is 17.9. The van der Waals surface area contributed by atoms with Gasteiger partial charge in [-0.3, -0.25) is 4.98 Å². The molecule has 5 nitrogen and oxygen atoms in total. The maximum atomic E-state index is 4.76. The van der Waals surface area contributed by atoms with Crippen LogP contribution in [0.3, 0.4) is 0 Å². The fourth-order valence-corrected chi connectivity index (χ4v) is 5.11. The molecule has 4 heterocycles. The van der Waals surface area contributed by atoms with Gasteiger partial charge in [-0.25, -0.2) is 9.97 Å². The van der Waals surface area contributed by atoms with E-state index in [0.29, 0.717) is 0 Å². The molecule has 0 bridgehead atoms. The third-order valence-corrected chi connectivity index (χ3v) is 6.92. The molecule has 2 aliphatic rings. The molecule has 0 radical (unpaired) electrons. The zero-order valence-electron chi connectivity index (χ0n) is 17.1. The van der Waals surface area contributed by atoms with Gasteiger partial charge in [-0.1, -0.05) is 45.0 Å². The molecule has 3 aromatic rings. The molecule has 146 valence electrons. The lowest BCUT2D eigenvalue weighted by Crippen LogP contribution is -2.61. The van der Waals surface area contributed by atoms with Crippen LogP contribution in [0, 0.1) is 5.41 Å². The zero-order chi connectivity index (χ0) is 20.2.